The fraction of sp³-hybridized carbons (Fsp3) is 0.643. The fourth-order valence-corrected chi connectivity index (χ4v) is 2.27. The van der Waals surface area contributed by atoms with E-state index < -0.39 is 0 Å². The van der Waals surface area contributed by atoms with Crippen LogP contribution in [0.15, 0.2) is 12.3 Å². The minimum atomic E-state index is -0.0908. The zero-order valence-corrected chi connectivity index (χ0v) is 12.5. The van der Waals surface area contributed by atoms with Crippen molar-refractivity contribution in [3.8, 4) is 0 Å². The minimum Gasteiger partial charge on any atom is -0.347 e. The molecule has 3 N–H and O–H groups in total. The monoisotopic (exact) mass is 285 g/mol. The number of carbonyl (C=O) groups is 1. The summed E-state index contributed by atoms with van der Waals surface area (Å²) in [5.41, 5.74) is 6.31. The summed E-state index contributed by atoms with van der Waals surface area (Å²) >= 11 is 5.97. The maximum atomic E-state index is 12.2. The van der Waals surface area contributed by atoms with Crippen LogP contribution in [0.25, 0.3) is 0 Å². The lowest BCUT2D eigenvalue weighted by Gasteiger charge is -2.17. The predicted molar refractivity (Wildman–Crippen MR) is 79.6 cm³/mol. The van der Waals surface area contributed by atoms with Crippen molar-refractivity contribution in [2.45, 2.75) is 52.1 Å². The van der Waals surface area contributed by atoms with Gasteiger partial charge in [-0.1, -0.05) is 38.3 Å². The van der Waals surface area contributed by atoms with Crippen LogP contribution in [-0.4, -0.2) is 23.1 Å². The molecule has 0 aromatic carbocycles. The highest BCUT2D eigenvalue weighted by atomic mass is 35.5. The highest BCUT2D eigenvalue weighted by Crippen LogP contribution is 2.15. The van der Waals surface area contributed by atoms with Crippen LogP contribution in [0.1, 0.15) is 50.0 Å². The van der Waals surface area contributed by atoms with Gasteiger partial charge < -0.3 is 15.6 Å². The molecule has 0 saturated heterocycles. The first-order valence-corrected chi connectivity index (χ1v) is 7.36. The number of hydrogen-bond acceptors (Lipinski definition) is 2. The van der Waals surface area contributed by atoms with Gasteiger partial charge in [0, 0.05) is 25.3 Å². The van der Waals surface area contributed by atoms with Crippen molar-refractivity contribution in [1.82, 2.24) is 9.88 Å². The fourth-order valence-electron chi connectivity index (χ4n) is 2.05. The zero-order valence-electron chi connectivity index (χ0n) is 11.8. The Bertz CT molecular complexity index is 403. The molecule has 0 radical (unpaired) electrons. The number of amides is 1. The van der Waals surface area contributed by atoms with E-state index in [1.807, 2.05) is 4.57 Å². The lowest BCUT2D eigenvalue weighted by atomic mass is 10.1. The minimum absolute atomic E-state index is 0.0382. The summed E-state index contributed by atoms with van der Waals surface area (Å²) in [5, 5.41) is 3.58. The first kappa shape index (κ1) is 16.1. The van der Waals surface area contributed by atoms with Crippen molar-refractivity contribution in [3.05, 3.63) is 23.0 Å². The van der Waals surface area contributed by atoms with Crippen LogP contribution in [-0.2, 0) is 6.54 Å². The number of nitrogens with one attached hydrogen (secondary N) is 1. The Morgan fingerprint density at radius 1 is 1.47 bits per heavy atom. The van der Waals surface area contributed by atoms with E-state index >= 15 is 0 Å². The lowest BCUT2D eigenvalue weighted by molar-refractivity contribution is 0.0926. The number of halogens is 1. The van der Waals surface area contributed by atoms with Crippen LogP contribution in [0.4, 0.5) is 0 Å². The second kappa shape index (κ2) is 8.23. The van der Waals surface area contributed by atoms with Crippen molar-refractivity contribution < 1.29 is 4.79 Å². The van der Waals surface area contributed by atoms with E-state index in [1.165, 1.54) is 0 Å². The molecule has 1 atom stereocenters. The van der Waals surface area contributed by atoms with Crippen molar-refractivity contribution in [3.63, 3.8) is 0 Å². The second-order valence-corrected chi connectivity index (χ2v) is 5.22. The normalized spacial score (nSPS) is 12.4. The summed E-state index contributed by atoms with van der Waals surface area (Å²) < 4.78 is 1.89. The summed E-state index contributed by atoms with van der Waals surface area (Å²) in [6.07, 6.45) is 5.84. The van der Waals surface area contributed by atoms with E-state index in [-0.39, 0.29) is 11.9 Å². The van der Waals surface area contributed by atoms with Crippen molar-refractivity contribution in [2.24, 2.45) is 5.73 Å². The molecule has 1 aromatic heterocycles. The Hall–Kier alpha value is -1.00. The third kappa shape index (κ3) is 4.88. The van der Waals surface area contributed by atoms with Gasteiger partial charge in [-0.2, -0.15) is 0 Å². The smallest absolute Gasteiger partial charge is 0.268 e. The molecule has 1 unspecified atom stereocenters. The van der Waals surface area contributed by atoms with Crippen LogP contribution in [0.3, 0.4) is 0 Å². The largest absolute Gasteiger partial charge is 0.347 e. The van der Waals surface area contributed by atoms with E-state index in [0.29, 0.717) is 17.3 Å². The Morgan fingerprint density at radius 3 is 2.79 bits per heavy atom. The number of nitrogens with two attached hydrogens (primary N) is 1. The summed E-state index contributed by atoms with van der Waals surface area (Å²) in [7, 11) is 0. The summed E-state index contributed by atoms with van der Waals surface area (Å²) in [4.78, 5) is 12.2. The molecule has 0 spiro atoms. The van der Waals surface area contributed by atoms with E-state index in [1.54, 1.807) is 12.3 Å². The molecule has 5 heteroatoms. The quantitative estimate of drug-likeness (QED) is 0.771. The highest BCUT2D eigenvalue weighted by Gasteiger charge is 2.16. The topological polar surface area (TPSA) is 60.0 Å². The summed E-state index contributed by atoms with van der Waals surface area (Å²) in [6.45, 7) is 5.45. The van der Waals surface area contributed by atoms with E-state index in [4.69, 9.17) is 17.3 Å². The maximum Gasteiger partial charge on any atom is 0.268 e. The molecule has 19 heavy (non-hydrogen) atoms. The average Bonchev–Trinajstić information content (AvgIpc) is 2.76. The Morgan fingerprint density at radius 2 is 2.21 bits per heavy atom. The number of hydrogen-bond donors (Lipinski definition) is 2. The third-order valence-corrected chi connectivity index (χ3v) is 3.29. The standard InChI is InChI=1S/C14H24ClN3O/c1-3-5-6-12(9-16)17-14(19)13-8-11(15)10-18(13)7-4-2/h8,10,12H,3-7,9,16H2,1-2H3,(H,17,19). The second-order valence-electron chi connectivity index (χ2n) is 4.79. The number of aromatic nitrogens is 1. The van der Waals surface area contributed by atoms with Gasteiger partial charge in [0.05, 0.1) is 5.02 Å². The number of aryl methyl sites for hydroxylation is 1. The molecule has 4 nitrogen and oxygen atoms in total. The van der Waals surface area contributed by atoms with Crippen LogP contribution >= 0.6 is 11.6 Å². The summed E-state index contributed by atoms with van der Waals surface area (Å²) in [6, 6.07) is 1.75. The number of unbranched alkanes of at least 4 members (excludes halogenated alkanes) is 1. The van der Waals surface area contributed by atoms with Crippen LogP contribution in [0, 0.1) is 0 Å². The molecule has 0 saturated carbocycles. The molecule has 0 fully saturated rings. The molecule has 0 aliphatic heterocycles. The predicted octanol–water partition coefficient (Wildman–Crippen LogP) is 2.80. The van der Waals surface area contributed by atoms with Gasteiger partial charge in [0.15, 0.2) is 0 Å². The van der Waals surface area contributed by atoms with Gasteiger partial charge in [-0.25, -0.2) is 0 Å². The van der Waals surface area contributed by atoms with Gasteiger partial charge >= 0.3 is 0 Å². The SMILES string of the molecule is CCCCC(CN)NC(=O)c1cc(Cl)cn1CCC. The van der Waals surface area contributed by atoms with Crippen molar-refractivity contribution >= 4 is 17.5 Å². The number of nitrogens with zero attached hydrogens (tertiary/aromatic N) is 1. The molecule has 108 valence electrons. The first-order chi connectivity index (χ1) is 9.12. The lowest BCUT2D eigenvalue weighted by Crippen LogP contribution is -2.40. The molecule has 1 amide bonds. The molecule has 0 aliphatic carbocycles. The Kier molecular flexibility index (Phi) is 6.95. The highest BCUT2D eigenvalue weighted by molar-refractivity contribution is 6.31. The van der Waals surface area contributed by atoms with E-state index in [9.17, 15) is 4.79 Å². The molecule has 1 rings (SSSR count). The van der Waals surface area contributed by atoms with Crippen LogP contribution < -0.4 is 11.1 Å². The molecular weight excluding hydrogens is 262 g/mol. The van der Waals surface area contributed by atoms with Gasteiger partial charge in [-0.05, 0) is 18.9 Å². The third-order valence-electron chi connectivity index (χ3n) is 3.09. The molecule has 0 aliphatic rings. The van der Waals surface area contributed by atoms with Gasteiger partial charge in [0.2, 0.25) is 0 Å². The van der Waals surface area contributed by atoms with E-state index in [2.05, 4.69) is 19.2 Å². The van der Waals surface area contributed by atoms with Gasteiger partial charge in [-0.15, -0.1) is 0 Å². The molecule has 1 heterocycles. The molecule has 1 aromatic rings. The summed E-state index contributed by atoms with van der Waals surface area (Å²) in [5.74, 6) is -0.0908. The zero-order chi connectivity index (χ0) is 14.3. The Balaban J connectivity index is 2.70. The maximum absolute atomic E-state index is 12.2. The first-order valence-electron chi connectivity index (χ1n) is 6.98. The van der Waals surface area contributed by atoms with Gasteiger partial charge in [-0.3, -0.25) is 4.79 Å². The van der Waals surface area contributed by atoms with Crippen molar-refractivity contribution in [1.29, 1.82) is 0 Å². The number of rotatable bonds is 8. The van der Waals surface area contributed by atoms with Gasteiger partial charge in [0.1, 0.15) is 5.69 Å². The van der Waals surface area contributed by atoms with Crippen LogP contribution in [0.2, 0.25) is 5.02 Å². The van der Waals surface area contributed by atoms with Crippen molar-refractivity contribution in [2.75, 3.05) is 6.54 Å². The molecular formula is C14H24ClN3O. The molecule has 0 bridgehead atoms. The van der Waals surface area contributed by atoms with Crippen LogP contribution in [0.5, 0.6) is 0 Å². The number of carbonyl (C=O) groups excluding carboxylic acids is 1. The van der Waals surface area contributed by atoms with Gasteiger partial charge in [0.25, 0.3) is 5.91 Å². The Labute approximate surface area is 120 Å². The average molecular weight is 286 g/mol. The van der Waals surface area contributed by atoms with E-state index in [0.717, 1.165) is 32.2 Å².